The largest absolute Gasteiger partial charge is 0.395 e. The average Bonchev–Trinajstić information content (AvgIpc) is 2.28. The Morgan fingerprint density at radius 1 is 1.12 bits per heavy atom. The predicted octanol–water partition coefficient (Wildman–Crippen LogP) is -1.82. The van der Waals surface area contributed by atoms with Crippen molar-refractivity contribution in [1.29, 1.82) is 0 Å². The number of aliphatic hydroxyl groups excluding tert-OH is 1. The van der Waals surface area contributed by atoms with Gasteiger partial charge in [-0.15, -0.1) is 0 Å². The molecule has 0 atom stereocenters. The first kappa shape index (κ1) is 13.9. The molecular weight excluding hydrogens is 224 g/mol. The van der Waals surface area contributed by atoms with Crippen LogP contribution in [-0.2, 0) is 4.79 Å². The predicted molar refractivity (Wildman–Crippen MR) is 62.3 cm³/mol. The molecule has 3 amide bonds. The van der Waals surface area contributed by atoms with E-state index in [1.807, 2.05) is 5.32 Å². The number of aliphatic hydroxyl groups is 1. The summed E-state index contributed by atoms with van der Waals surface area (Å²) in [6.07, 6.45) is 0.281. The van der Waals surface area contributed by atoms with Gasteiger partial charge in [0.15, 0.2) is 0 Å². The minimum absolute atomic E-state index is 0.182. The number of piperazine rings is 1. The average molecular weight is 244 g/mol. The molecule has 1 aliphatic heterocycles. The molecule has 7 heteroatoms. The molecule has 1 fully saturated rings. The highest BCUT2D eigenvalue weighted by molar-refractivity contribution is 5.93. The van der Waals surface area contributed by atoms with Gasteiger partial charge in [-0.1, -0.05) is 0 Å². The van der Waals surface area contributed by atoms with Gasteiger partial charge >= 0.3 is 6.03 Å². The molecule has 0 bridgehead atoms. The second-order valence-corrected chi connectivity index (χ2v) is 4.07. The molecule has 0 radical (unpaired) electrons. The van der Waals surface area contributed by atoms with Crippen LogP contribution in [0, 0.1) is 0 Å². The molecule has 98 valence electrons. The van der Waals surface area contributed by atoms with Crippen molar-refractivity contribution < 1.29 is 14.7 Å². The van der Waals surface area contributed by atoms with E-state index in [-0.39, 0.29) is 18.9 Å². The van der Waals surface area contributed by atoms with Crippen LogP contribution in [0.2, 0.25) is 0 Å². The molecular formula is C10H20N4O3. The monoisotopic (exact) mass is 244 g/mol. The Bertz CT molecular complexity index is 264. The number of carbonyl (C=O) groups is 2. The molecule has 0 aromatic heterocycles. The van der Waals surface area contributed by atoms with E-state index in [1.165, 1.54) is 0 Å². The first-order valence-electron chi connectivity index (χ1n) is 5.76. The number of hydrogen-bond acceptors (Lipinski definition) is 5. The van der Waals surface area contributed by atoms with Gasteiger partial charge in [0.1, 0.15) is 0 Å². The zero-order valence-electron chi connectivity index (χ0n) is 9.89. The van der Waals surface area contributed by atoms with Gasteiger partial charge in [0.2, 0.25) is 5.91 Å². The minimum Gasteiger partial charge on any atom is -0.395 e. The van der Waals surface area contributed by atoms with Gasteiger partial charge in [-0.05, 0) is 0 Å². The maximum absolute atomic E-state index is 11.2. The Labute approximate surface area is 101 Å². The van der Waals surface area contributed by atoms with Gasteiger partial charge in [-0.2, -0.15) is 0 Å². The van der Waals surface area contributed by atoms with E-state index < -0.39 is 6.03 Å². The number of urea groups is 1. The highest BCUT2D eigenvalue weighted by atomic mass is 16.3. The summed E-state index contributed by atoms with van der Waals surface area (Å²) in [6, 6.07) is -0.803. The number of primary amides is 1. The van der Waals surface area contributed by atoms with Crippen molar-refractivity contribution in [3.63, 3.8) is 0 Å². The molecule has 1 aliphatic rings. The lowest BCUT2D eigenvalue weighted by Crippen LogP contribution is -2.48. The number of nitrogens with two attached hydrogens (primary N) is 1. The van der Waals surface area contributed by atoms with Crippen LogP contribution in [0.1, 0.15) is 6.42 Å². The van der Waals surface area contributed by atoms with E-state index in [0.717, 1.165) is 26.2 Å². The van der Waals surface area contributed by atoms with Crippen LogP contribution in [0.25, 0.3) is 0 Å². The van der Waals surface area contributed by atoms with Crippen LogP contribution < -0.4 is 11.1 Å². The minimum atomic E-state index is -0.803. The van der Waals surface area contributed by atoms with Crippen molar-refractivity contribution in [2.75, 3.05) is 45.9 Å². The molecule has 1 rings (SSSR count). The highest BCUT2D eigenvalue weighted by Gasteiger charge is 2.16. The van der Waals surface area contributed by atoms with Crippen LogP contribution in [0.3, 0.4) is 0 Å². The van der Waals surface area contributed by atoms with Crippen LogP contribution in [-0.4, -0.2) is 72.7 Å². The quantitative estimate of drug-likeness (QED) is 0.529. The summed E-state index contributed by atoms with van der Waals surface area (Å²) >= 11 is 0. The highest BCUT2D eigenvalue weighted by Crippen LogP contribution is 2.01. The lowest BCUT2D eigenvalue weighted by atomic mass is 10.3. The number of amides is 3. The molecule has 0 unspecified atom stereocenters. The second-order valence-electron chi connectivity index (χ2n) is 4.07. The Morgan fingerprint density at radius 3 is 2.12 bits per heavy atom. The van der Waals surface area contributed by atoms with Crippen molar-refractivity contribution in [1.82, 2.24) is 15.1 Å². The van der Waals surface area contributed by atoms with Gasteiger partial charge in [0.25, 0.3) is 0 Å². The topological polar surface area (TPSA) is 98.9 Å². The van der Waals surface area contributed by atoms with Crippen molar-refractivity contribution in [3.8, 4) is 0 Å². The number of nitrogens with one attached hydrogen (secondary N) is 1. The fourth-order valence-electron chi connectivity index (χ4n) is 1.84. The second kappa shape index (κ2) is 7.21. The Morgan fingerprint density at radius 2 is 1.65 bits per heavy atom. The first-order valence-corrected chi connectivity index (χ1v) is 5.76. The van der Waals surface area contributed by atoms with Crippen LogP contribution in [0.5, 0.6) is 0 Å². The van der Waals surface area contributed by atoms with Crippen LogP contribution in [0.4, 0.5) is 4.79 Å². The van der Waals surface area contributed by atoms with E-state index in [2.05, 4.69) is 9.80 Å². The van der Waals surface area contributed by atoms with E-state index in [0.29, 0.717) is 13.1 Å². The fourth-order valence-corrected chi connectivity index (χ4v) is 1.84. The Hall–Kier alpha value is -1.18. The number of rotatable bonds is 5. The van der Waals surface area contributed by atoms with E-state index in [9.17, 15) is 9.59 Å². The maximum atomic E-state index is 11.2. The maximum Gasteiger partial charge on any atom is 0.318 e. The van der Waals surface area contributed by atoms with Crippen molar-refractivity contribution in [3.05, 3.63) is 0 Å². The molecule has 7 nitrogen and oxygen atoms in total. The third-order valence-electron chi connectivity index (χ3n) is 2.80. The summed E-state index contributed by atoms with van der Waals surface area (Å²) in [6.45, 7) is 5.08. The van der Waals surface area contributed by atoms with E-state index in [1.54, 1.807) is 0 Å². The molecule has 0 aliphatic carbocycles. The van der Waals surface area contributed by atoms with Crippen LogP contribution >= 0.6 is 0 Å². The van der Waals surface area contributed by atoms with Gasteiger partial charge in [0, 0.05) is 45.7 Å². The molecule has 1 saturated heterocycles. The number of β-amino-alcohol motifs (C(OH)–C–C–N with tert-alkyl or cyclic N) is 1. The van der Waals surface area contributed by atoms with E-state index >= 15 is 0 Å². The zero-order valence-corrected chi connectivity index (χ0v) is 9.89. The zero-order chi connectivity index (χ0) is 12.7. The number of hydrogen-bond donors (Lipinski definition) is 3. The summed E-state index contributed by atoms with van der Waals surface area (Å²) in [5.74, 6) is -0.338. The third-order valence-corrected chi connectivity index (χ3v) is 2.80. The number of nitrogens with zero attached hydrogens (tertiary/aromatic N) is 2. The summed E-state index contributed by atoms with van der Waals surface area (Å²) in [5, 5.41) is 10.8. The summed E-state index contributed by atoms with van der Waals surface area (Å²) in [4.78, 5) is 25.9. The molecule has 1 heterocycles. The van der Waals surface area contributed by atoms with Gasteiger partial charge in [0.05, 0.1) is 6.61 Å². The molecule has 4 N–H and O–H groups in total. The van der Waals surface area contributed by atoms with Crippen molar-refractivity contribution in [2.45, 2.75) is 6.42 Å². The number of imide groups is 1. The molecule has 17 heavy (non-hydrogen) atoms. The smallest absolute Gasteiger partial charge is 0.318 e. The first-order chi connectivity index (χ1) is 8.11. The molecule has 0 aromatic rings. The molecule has 0 aromatic carbocycles. The van der Waals surface area contributed by atoms with Gasteiger partial charge in [-0.3, -0.25) is 15.0 Å². The van der Waals surface area contributed by atoms with Crippen molar-refractivity contribution in [2.24, 2.45) is 5.73 Å². The van der Waals surface area contributed by atoms with Crippen molar-refractivity contribution >= 4 is 11.9 Å². The normalized spacial score (nSPS) is 17.9. The Balaban J connectivity index is 2.13. The summed E-state index contributed by atoms with van der Waals surface area (Å²) in [7, 11) is 0. The Kier molecular flexibility index (Phi) is 5.88. The fraction of sp³-hybridized carbons (Fsp3) is 0.800. The molecule has 0 saturated carbocycles. The lowest BCUT2D eigenvalue weighted by molar-refractivity contribution is -0.120. The van der Waals surface area contributed by atoms with Gasteiger partial charge in [-0.25, -0.2) is 4.79 Å². The van der Waals surface area contributed by atoms with E-state index in [4.69, 9.17) is 10.8 Å². The molecule has 0 spiro atoms. The number of carbonyl (C=O) groups excluding carboxylic acids is 2. The lowest BCUT2D eigenvalue weighted by Gasteiger charge is -2.34. The van der Waals surface area contributed by atoms with Gasteiger partial charge < -0.3 is 15.7 Å². The standard InChI is InChI=1S/C10H20N4O3/c11-10(17)12-9(16)1-2-13-3-5-14(6-4-13)7-8-15/h15H,1-8H2,(H3,11,12,16,17). The summed E-state index contributed by atoms with van der Waals surface area (Å²) in [5.41, 5.74) is 4.84. The third kappa shape index (κ3) is 5.62. The summed E-state index contributed by atoms with van der Waals surface area (Å²) < 4.78 is 0. The van der Waals surface area contributed by atoms with Crippen LogP contribution in [0.15, 0.2) is 0 Å². The SMILES string of the molecule is NC(=O)NC(=O)CCN1CCN(CCO)CC1.